The lowest BCUT2D eigenvalue weighted by Crippen LogP contribution is -2.22. The standard InChI is InChI=1S/C20H18N2O4/c1-3-21(4-2)18-10-9-14(22(25)26)11-13(18)12-17-19(23)15-7-5-6-8-16(15)20(17)24/h5-12H,3-4H2,1-2H3. The third-order valence-electron chi connectivity index (χ3n) is 4.53. The molecular weight excluding hydrogens is 332 g/mol. The van der Waals surface area contributed by atoms with E-state index in [1.807, 2.05) is 18.7 Å². The van der Waals surface area contributed by atoms with Crippen molar-refractivity contribution in [3.63, 3.8) is 0 Å². The van der Waals surface area contributed by atoms with Gasteiger partial charge in [0.05, 0.1) is 10.5 Å². The molecule has 0 unspecified atom stereocenters. The van der Waals surface area contributed by atoms with Gasteiger partial charge in [0.25, 0.3) is 5.69 Å². The molecule has 0 aliphatic heterocycles. The van der Waals surface area contributed by atoms with Crippen molar-refractivity contribution >= 4 is 29.0 Å². The number of nitro groups is 1. The molecule has 0 spiro atoms. The van der Waals surface area contributed by atoms with Gasteiger partial charge in [-0.3, -0.25) is 19.7 Å². The van der Waals surface area contributed by atoms with Gasteiger partial charge in [0.2, 0.25) is 0 Å². The minimum Gasteiger partial charge on any atom is -0.372 e. The number of hydrogen-bond acceptors (Lipinski definition) is 5. The molecule has 132 valence electrons. The third kappa shape index (κ3) is 2.90. The highest BCUT2D eigenvalue weighted by Crippen LogP contribution is 2.32. The number of allylic oxidation sites excluding steroid dienone is 1. The first-order valence-corrected chi connectivity index (χ1v) is 8.41. The fourth-order valence-corrected chi connectivity index (χ4v) is 3.18. The van der Waals surface area contributed by atoms with Crippen molar-refractivity contribution in [1.29, 1.82) is 0 Å². The molecule has 1 aliphatic carbocycles. The molecule has 2 aromatic carbocycles. The van der Waals surface area contributed by atoms with Gasteiger partial charge in [0.15, 0.2) is 11.6 Å². The Morgan fingerprint density at radius 2 is 1.58 bits per heavy atom. The smallest absolute Gasteiger partial charge is 0.270 e. The molecule has 0 atom stereocenters. The van der Waals surface area contributed by atoms with Crippen LogP contribution in [0.2, 0.25) is 0 Å². The van der Waals surface area contributed by atoms with E-state index in [1.54, 1.807) is 30.3 Å². The normalized spacial score (nSPS) is 12.9. The second-order valence-corrected chi connectivity index (χ2v) is 5.93. The van der Waals surface area contributed by atoms with Crippen LogP contribution in [-0.4, -0.2) is 29.6 Å². The summed E-state index contributed by atoms with van der Waals surface area (Å²) in [5.74, 6) is -0.690. The van der Waals surface area contributed by atoms with Crippen LogP contribution in [0.15, 0.2) is 48.0 Å². The van der Waals surface area contributed by atoms with Gasteiger partial charge >= 0.3 is 0 Å². The average molecular weight is 350 g/mol. The van der Waals surface area contributed by atoms with Crippen LogP contribution in [0, 0.1) is 10.1 Å². The zero-order chi connectivity index (χ0) is 18.8. The average Bonchev–Trinajstić information content (AvgIpc) is 2.89. The Bertz CT molecular complexity index is 906. The van der Waals surface area contributed by atoms with Crippen LogP contribution in [0.3, 0.4) is 0 Å². The number of non-ortho nitro benzene ring substituents is 1. The minimum absolute atomic E-state index is 0.0418. The first-order chi connectivity index (χ1) is 12.5. The quantitative estimate of drug-likeness (QED) is 0.353. The van der Waals surface area contributed by atoms with Gasteiger partial charge in [-0.1, -0.05) is 24.3 Å². The third-order valence-corrected chi connectivity index (χ3v) is 4.53. The number of ketones is 2. The summed E-state index contributed by atoms with van der Waals surface area (Å²) in [5, 5.41) is 11.2. The molecule has 0 saturated carbocycles. The van der Waals surface area contributed by atoms with Crippen molar-refractivity contribution in [2.24, 2.45) is 0 Å². The zero-order valence-corrected chi connectivity index (χ0v) is 14.6. The number of carbonyl (C=O) groups excluding carboxylic acids is 2. The first-order valence-electron chi connectivity index (χ1n) is 8.41. The Hall–Kier alpha value is -3.28. The van der Waals surface area contributed by atoms with Crippen molar-refractivity contribution < 1.29 is 14.5 Å². The van der Waals surface area contributed by atoms with Gasteiger partial charge in [-0.15, -0.1) is 0 Å². The largest absolute Gasteiger partial charge is 0.372 e. The molecular formula is C20H18N2O4. The van der Waals surface area contributed by atoms with Crippen molar-refractivity contribution in [2.45, 2.75) is 13.8 Å². The maximum absolute atomic E-state index is 12.6. The summed E-state index contributed by atoms with van der Waals surface area (Å²) in [7, 11) is 0. The lowest BCUT2D eigenvalue weighted by Gasteiger charge is -2.23. The predicted octanol–water partition coefficient (Wildman–Crippen LogP) is 3.90. The Labute approximate surface area is 150 Å². The molecule has 2 aromatic rings. The van der Waals surface area contributed by atoms with E-state index in [0.29, 0.717) is 29.8 Å². The fraction of sp³-hybridized carbons (Fsp3) is 0.200. The number of carbonyl (C=O) groups is 2. The molecule has 6 nitrogen and oxygen atoms in total. The first kappa shape index (κ1) is 17.5. The molecule has 0 amide bonds. The number of nitrogens with zero attached hydrogens (tertiary/aromatic N) is 2. The van der Waals surface area contributed by atoms with Crippen LogP contribution in [-0.2, 0) is 0 Å². The van der Waals surface area contributed by atoms with E-state index in [9.17, 15) is 19.7 Å². The summed E-state index contributed by atoms with van der Waals surface area (Å²) in [6, 6.07) is 11.2. The van der Waals surface area contributed by atoms with E-state index in [2.05, 4.69) is 0 Å². The van der Waals surface area contributed by atoms with Gasteiger partial charge in [0.1, 0.15) is 0 Å². The van der Waals surface area contributed by atoms with E-state index < -0.39 is 4.92 Å². The predicted molar refractivity (Wildman–Crippen MR) is 99.7 cm³/mol. The highest BCUT2D eigenvalue weighted by molar-refractivity contribution is 6.41. The second kappa shape index (κ2) is 6.92. The van der Waals surface area contributed by atoms with E-state index in [-0.39, 0.29) is 22.8 Å². The lowest BCUT2D eigenvalue weighted by molar-refractivity contribution is -0.384. The Morgan fingerprint density at radius 1 is 1.00 bits per heavy atom. The molecule has 6 heteroatoms. The fourth-order valence-electron chi connectivity index (χ4n) is 3.18. The van der Waals surface area contributed by atoms with Gasteiger partial charge in [-0.05, 0) is 26.0 Å². The Kier molecular flexibility index (Phi) is 4.67. The van der Waals surface area contributed by atoms with Crippen molar-refractivity contribution in [3.8, 4) is 0 Å². The number of benzene rings is 2. The van der Waals surface area contributed by atoms with Crippen LogP contribution in [0.25, 0.3) is 6.08 Å². The van der Waals surface area contributed by atoms with Gasteiger partial charge in [0, 0.05) is 47.6 Å². The molecule has 26 heavy (non-hydrogen) atoms. The molecule has 0 aromatic heterocycles. The summed E-state index contributed by atoms with van der Waals surface area (Å²) < 4.78 is 0. The van der Waals surface area contributed by atoms with Crippen LogP contribution < -0.4 is 4.90 Å². The van der Waals surface area contributed by atoms with E-state index in [1.165, 1.54) is 18.2 Å². The maximum atomic E-state index is 12.6. The molecule has 0 fully saturated rings. The van der Waals surface area contributed by atoms with Crippen molar-refractivity contribution in [2.75, 3.05) is 18.0 Å². The SMILES string of the molecule is CCN(CC)c1ccc([N+](=O)[O-])cc1C=C1C(=O)c2ccccc2C1=O. The number of nitro benzene ring substituents is 1. The van der Waals surface area contributed by atoms with E-state index in [4.69, 9.17) is 0 Å². The second-order valence-electron chi connectivity index (χ2n) is 5.93. The van der Waals surface area contributed by atoms with Crippen molar-refractivity contribution in [1.82, 2.24) is 0 Å². The Morgan fingerprint density at radius 3 is 2.08 bits per heavy atom. The monoisotopic (exact) mass is 350 g/mol. The molecule has 0 bridgehead atoms. The van der Waals surface area contributed by atoms with Crippen LogP contribution in [0.5, 0.6) is 0 Å². The topological polar surface area (TPSA) is 80.5 Å². The summed E-state index contributed by atoms with van der Waals surface area (Å²) >= 11 is 0. The van der Waals surface area contributed by atoms with Crippen LogP contribution >= 0.6 is 0 Å². The number of anilines is 1. The highest BCUT2D eigenvalue weighted by Gasteiger charge is 2.33. The summed E-state index contributed by atoms with van der Waals surface area (Å²) in [5.41, 5.74) is 1.96. The summed E-state index contributed by atoms with van der Waals surface area (Å²) in [6.07, 6.45) is 1.48. The molecule has 0 saturated heterocycles. The van der Waals surface area contributed by atoms with Crippen LogP contribution in [0.4, 0.5) is 11.4 Å². The van der Waals surface area contributed by atoms with Crippen LogP contribution in [0.1, 0.15) is 40.1 Å². The lowest BCUT2D eigenvalue weighted by atomic mass is 10.0. The molecule has 3 rings (SSSR count). The van der Waals surface area contributed by atoms with E-state index >= 15 is 0 Å². The summed E-state index contributed by atoms with van der Waals surface area (Å²) in [6.45, 7) is 5.35. The molecule has 1 aliphatic rings. The number of Topliss-reactive ketones (excluding diaryl/α,β-unsaturated/α-hetero) is 2. The van der Waals surface area contributed by atoms with E-state index in [0.717, 1.165) is 5.69 Å². The van der Waals surface area contributed by atoms with Gasteiger partial charge in [-0.25, -0.2) is 0 Å². The van der Waals surface area contributed by atoms with Gasteiger partial charge < -0.3 is 4.90 Å². The zero-order valence-electron chi connectivity index (χ0n) is 14.6. The number of fused-ring (bicyclic) bond motifs is 1. The Balaban J connectivity index is 2.15. The molecule has 0 N–H and O–H groups in total. The van der Waals surface area contributed by atoms with Gasteiger partial charge in [-0.2, -0.15) is 0 Å². The molecule has 0 radical (unpaired) electrons. The molecule has 0 heterocycles. The summed E-state index contributed by atoms with van der Waals surface area (Å²) in [4.78, 5) is 37.9. The maximum Gasteiger partial charge on any atom is 0.270 e. The minimum atomic E-state index is -0.485. The number of rotatable bonds is 5. The highest BCUT2D eigenvalue weighted by atomic mass is 16.6. The number of hydrogen-bond donors (Lipinski definition) is 0. The van der Waals surface area contributed by atoms with Crippen molar-refractivity contribution in [3.05, 3.63) is 74.8 Å².